The van der Waals surface area contributed by atoms with E-state index >= 15 is 0 Å². The van der Waals surface area contributed by atoms with Crippen molar-refractivity contribution in [3.63, 3.8) is 0 Å². The molecule has 0 aromatic heterocycles. The molecule has 88 valence electrons. The van der Waals surface area contributed by atoms with E-state index in [0.717, 1.165) is 31.5 Å². The van der Waals surface area contributed by atoms with E-state index in [2.05, 4.69) is 5.32 Å². The summed E-state index contributed by atoms with van der Waals surface area (Å²) in [6, 6.07) is 6.23. The molecule has 1 N–H and O–H groups in total. The topological polar surface area (TPSA) is 12.0 Å². The molecular formula is C13H17F2N. The molecule has 2 atom stereocenters. The Morgan fingerprint density at radius 1 is 1.44 bits per heavy atom. The van der Waals surface area contributed by atoms with E-state index in [1.54, 1.807) is 12.1 Å². The summed E-state index contributed by atoms with van der Waals surface area (Å²) in [5, 5.41) is 3.20. The number of benzene rings is 1. The smallest absolute Gasteiger partial charge is 0.123 e. The second-order valence-corrected chi connectivity index (χ2v) is 4.46. The molecule has 1 aromatic rings. The van der Waals surface area contributed by atoms with Gasteiger partial charge in [-0.3, -0.25) is 0 Å². The van der Waals surface area contributed by atoms with Crippen LogP contribution in [0.3, 0.4) is 0 Å². The van der Waals surface area contributed by atoms with Crippen LogP contribution in [-0.2, 0) is 6.42 Å². The summed E-state index contributed by atoms with van der Waals surface area (Å²) in [7, 11) is 0. The molecule has 1 aliphatic heterocycles. The van der Waals surface area contributed by atoms with Gasteiger partial charge in [0.15, 0.2) is 0 Å². The van der Waals surface area contributed by atoms with Crippen molar-refractivity contribution in [3.05, 3.63) is 35.6 Å². The third-order valence-corrected chi connectivity index (χ3v) is 3.17. The van der Waals surface area contributed by atoms with Crippen LogP contribution in [0.2, 0.25) is 0 Å². The predicted octanol–water partition coefficient (Wildman–Crippen LogP) is 2.71. The molecule has 0 amide bonds. The Bertz CT molecular complexity index is 334. The average molecular weight is 225 g/mol. The molecule has 1 fully saturated rings. The Kier molecular flexibility index (Phi) is 3.88. The Labute approximate surface area is 94.9 Å². The number of rotatable bonds is 3. The average Bonchev–Trinajstić information content (AvgIpc) is 2.30. The van der Waals surface area contributed by atoms with Crippen molar-refractivity contribution < 1.29 is 8.78 Å². The Hall–Kier alpha value is -0.960. The van der Waals surface area contributed by atoms with Gasteiger partial charge < -0.3 is 5.32 Å². The highest BCUT2D eigenvalue weighted by Crippen LogP contribution is 2.21. The second kappa shape index (κ2) is 5.39. The molecule has 3 heteroatoms. The van der Waals surface area contributed by atoms with Crippen LogP contribution < -0.4 is 5.32 Å². The van der Waals surface area contributed by atoms with Gasteiger partial charge in [0.25, 0.3) is 0 Å². The summed E-state index contributed by atoms with van der Waals surface area (Å²) in [4.78, 5) is 0. The van der Waals surface area contributed by atoms with Crippen molar-refractivity contribution in [2.75, 3.05) is 13.1 Å². The van der Waals surface area contributed by atoms with Crippen LogP contribution in [0, 0.1) is 11.7 Å². The van der Waals surface area contributed by atoms with Gasteiger partial charge in [0.1, 0.15) is 12.0 Å². The first-order chi connectivity index (χ1) is 7.75. The molecule has 1 aromatic carbocycles. The van der Waals surface area contributed by atoms with Crippen LogP contribution in [0.5, 0.6) is 0 Å². The summed E-state index contributed by atoms with van der Waals surface area (Å²) in [6.07, 6.45) is 1.43. The minimum absolute atomic E-state index is 0.0806. The minimum atomic E-state index is -0.866. The van der Waals surface area contributed by atoms with Crippen LogP contribution in [0.4, 0.5) is 8.78 Å². The van der Waals surface area contributed by atoms with E-state index in [9.17, 15) is 8.78 Å². The Morgan fingerprint density at radius 3 is 3.00 bits per heavy atom. The van der Waals surface area contributed by atoms with Crippen molar-refractivity contribution in [1.82, 2.24) is 5.32 Å². The van der Waals surface area contributed by atoms with Crippen LogP contribution in [0.1, 0.15) is 18.4 Å². The van der Waals surface area contributed by atoms with Crippen molar-refractivity contribution >= 4 is 0 Å². The summed E-state index contributed by atoms with van der Waals surface area (Å²) < 4.78 is 26.9. The molecule has 0 spiro atoms. The van der Waals surface area contributed by atoms with Crippen LogP contribution >= 0.6 is 0 Å². The number of hydrogen-bond donors (Lipinski definition) is 1. The molecule has 2 rings (SSSR count). The number of halogens is 2. The predicted molar refractivity (Wildman–Crippen MR) is 60.6 cm³/mol. The molecule has 1 aliphatic rings. The Morgan fingerprint density at radius 2 is 2.31 bits per heavy atom. The lowest BCUT2D eigenvalue weighted by Gasteiger charge is -2.25. The molecule has 0 aliphatic carbocycles. The maximum absolute atomic E-state index is 13.9. The monoisotopic (exact) mass is 225 g/mol. The standard InChI is InChI=1S/C13H17F2N/c14-12-5-1-3-10(7-12)8-13(15)11-4-2-6-16-9-11/h1,3,5,7,11,13,16H,2,4,6,8-9H2. The zero-order valence-corrected chi connectivity index (χ0v) is 9.26. The number of hydrogen-bond acceptors (Lipinski definition) is 1. The van der Waals surface area contributed by atoms with Crippen molar-refractivity contribution in [2.24, 2.45) is 5.92 Å². The van der Waals surface area contributed by atoms with E-state index < -0.39 is 6.17 Å². The summed E-state index contributed by atoms with van der Waals surface area (Å²) >= 11 is 0. The first-order valence-corrected chi connectivity index (χ1v) is 5.85. The second-order valence-electron chi connectivity index (χ2n) is 4.46. The van der Waals surface area contributed by atoms with E-state index in [4.69, 9.17) is 0 Å². The zero-order valence-electron chi connectivity index (χ0n) is 9.26. The summed E-state index contributed by atoms with van der Waals surface area (Å²) in [5.74, 6) is -0.205. The van der Waals surface area contributed by atoms with E-state index in [1.165, 1.54) is 12.1 Å². The van der Waals surface area contributed by atoms with Crippen LogP contribution in [0.25, 0.3) is 0 Å². The molecule has 0 bridgehead atoms. The quantitative estimate of drug-likeness (QED) is 0.834. The van der Waals surface area contributed by atoms with E-state index in [-0.39, 0.29) is 11.7 Å². The molecule has 0 radical (unpaired) electrons. The highest BCUT2D eigenvalue weighted by atomic mass is 19.1. The van der Waals surface area contributed by atoms with Gasteiger partial charge >= 0.3 is 0 Å². The fourth-order valence-electron chi connectivity index (χ4n) is 2.24. The number of alkyl halides is 1. The van der Waals surface area contributed by atoms with E-state index in [1.807, 2.05) is 0 Å². The molecule has 0 saturated carbocycles. The van der Waals surface area contributed by atoms with Gasteiger partial charge in [-0.1, -0.05) is 12.1 Å². The first kappa shape index (κ1) is 11.5. The molecule has 1 nitrogen and oxygen atoms in total. The summed E-state index contributed by atoms with van der Waals surface area (Å²) in [5.41, 5.74) is 0.748. The maximum atomic E-state index is 13.9. The molecule has 16 heavy (non-hydrogen) atoms. The Balaban J connectivity index is 1.93. The van der Waals surface area contributed by atoms with Crippen LogP contribution in [0.15, 0.2) is 24.3 Å². The van der Waals surface area contributed by atoms with Gasteiger partial charge in [-0.15, -0.1) is 0 Å². The van der Waals surface area contributed by atoms with Gasteiger partial charge in [0.05, 0.1) is 0 Å². The SMILES string of the molecule is Fc1cccc(CC(F)C2CCCNC2)c1. The fraction of sp³-hybridized carbons (Fsp3) is 0.538. The summed E-state index contributed by atoms with van der Waals surface area (Å²) in [6.45, 7) is 1.74. The number of piperidine rings is 1. The fourth-order valence-corrected chi connectivity index (χ4v) is 2.24. The van der Waals surface area contributed by atoms with Crippen molar-refractivity contribution in [2.45, 2.75) is 25.4 Å². The molecular weight excluding hydrogens is 208 g/mol. The van der Waals surface area contributed by atoms with Gasteiger partial charge in [0, 0.05) is 18.9 Å². The van der Waals surface area contributed by atoms with Gasteiger partial charge in [0.2, 0.25) is 0 Å². The largest absolute Gasteiger partial charge is 0.316 e. The lowest BCUT2D eigenvalue weighted by molar-refractivity contribution is 0.191. The highest BCUT2D eigenvalue weighted by Gasteiger charge is 2.23. The van der Waals surface area contributed by atoms with E-state index in [0.29, 0.717) is 6.42 Å². The van der Waals surface area contributed by atoms with Crippen LogP contribution in [-0.4, -0.2) is 19.3 Å². The molecule has 1 heterocycles. The maximum Gasteiger partial charge on any atom is 0.123 e. The highest BCUT2D eigenvalue weighted by molar-refractivity contribution is 5.17. The van der Waals surface area contributed by atoms with Crippen molar-refractivity contribution in [1.29, 1.82) is 0 Å². The normalized spacial score (nSPS) is 23.0. The third-order valence-electron chi connectivity index (χ3n) is 3.17. The van der Waals surface area contributed by atoms with Gasteiger partial charge in [-0.05, 0) is 37.1 Å². The van der Waals surface area contributed by atoms with Gasteiger partial charge in [-0.2, -0.15) is 0 Å². The molecule has 2 unspecified atom stereocenters. The first-order valence-electron chi connectivity index (χ1n) is 5.85. The zero-order chi connectivity index (χ0) is 11.4. The lowest BCUT2D eigenvalue weighted by atomic mass is 9.91. The minimum Gasteiger partial charge on any atom is -0.316 e. The third kappa shape index (κ3) is 3.01. The lowest BCUT2D eigenvalue weighted by Crippen LogP contribution is -2.35. The molecule has 1 saturated heterocycles. The van der Waals surface area contributed by atoms with Crippen molar-refractivity contribution in [3.8, 4) is 0 Å². The van der Waals surface area contributed by atoms with Gasteiger partial charge in [-0.25, -0.2) is 8.78 Å². The number of nitrogens with one attached hydrogen (secondary N) is 1.